The number of aryl methyl sites for hydroxylation is 1. The van der Waals surface area contributed by atoms with Crippen LogP contribution in [-0.2, 0) is 11.2 Å². The van der Waals surface area contributed by atoms with E-state index in [2.05, 4.69) is 10.3 Å². The van der Waals surface area contributed by atoms with E-state index in [1.807, 2.05) is 26.0 Å². The molecule has 0 unspecified atom stereocenters. The number of carbonyl (C=O) groups is 1. The van der Waals surface area contributed by atoms with Crippen LogP contribution in [0.1, 0.15) is 25.3 Å². The average molecular weight is 368 g/mol. The molecule has 0 spiro atoms. The number of amides is 1. The molecule has 6 heteroatoms. The zero-order valence-electron chi connectivity index (χ0n) is 15.5. The van der Waals surface area contributed by atoms with Gasteiger partial charge in [0.25, 0.3) is 0 Å². The van der Waals surface area contributed by atoms with Gasteiger partial charge in [-0.15, -0.1) is 0 Å². The first-order valence-electron chi connectivity index (χ1n) is 8.70. The SMILES string of the molecule is Cc1oc(-c2cccc(F)c2)nc1CC(=O)Nc1ccccc1OC(C)C. The summed E-state index contributed by atoms with van der Waals surface area (Å²) in [5.41, 5.74) is 1.64. The van der Waals surface area contributed by atoms with E-state index in [9.17, 15) is 9.18 Å². The third kappa shape index (κ3) is 4.73. The number of nitrogens with zero attached hydrogens (tertiary/aromatic N) is 1. The second kappa shape index (κ2) is 8.03. The van der Waals surface area contributed by atoms with Gasteiger partial charge in [0, 0.05) is 5.56 Å². The highest BCUT2D eigenvalue weighted by atomic mass is 19.1. The van der Waals surface area contributed by atoms with Gasteiger partial charge >= 0.3 is 0 Å². The molecule has 3 rings (SSSR count). The van der Waals surface area contributed by atoms with E-state index in [-0.39, 0.29) is 24.2 Å². The fraction of sp³-hybridized carbons (Fsp3) is 0.238. The summed E-state index contributed by atoms with van der Waals surface area (Å²) < 4.78 is 24.7. The Kier molecular flexibility index (Phi) is 5.54. The smallest absolute Gasteiger partial charge is 0.230 e. The molecule has 0 saturated carbocycles. The maximum Gasteiger partial charge on any atom is 0.230 e. The molecule has 0 aliphatic rings. The number of nitrogens with one attached hydrogen (secondary N) is 1. The van der Waals surface area contributed by atoms with Crippen LogP contribution in [-0.4, -0.2) is 17.0 Å². The van der Waals surface area contributed by atoms with Crippen molar-refractivity contribution in [3.8, 4) is 17.2 Å². The van der Waals surface area contributed by atoms with Crippen LogP contribution in [0.4, 0.5) is 10.1 Å². The number of anilines is 1. The van der Waals surface area contributed by atoms with Crippen LogP contribution in [0.5, 0.6) is 5.75 Å². The molecule has 3 aromatic rings. The molecule has 1 aromatic heterocycles. The maximum atomic E-state index is 13.4. The van der Waals surface area contributed by atoms with Crippen LogP contribution in [0, 0.1) is 12.7 Å². The first kappa shape index (κ1) is 18.6. The van der Waals surface area contributed by atoms with Crippen molar-refractivity contribution in [2.75, 3.05) is 5.32 Å². The second-order valence-corrected chi connectivity index (χ2v) is 6.42. The zero-order chi connectivity index (χ0) is 19.4. The standard InChI is InChI=1S/C21H21FN2O3/c1-13(2)26-19-10-5-4-9-17(19)23-20(25)12-18-14(3)27-21(24-18)15-7-6-8-16(22)11-15/h4-11,13H,12H2,1-3H3,(H,23,25). The molecule has 0 bridgehead atoms. The van der Waals surface area contributed by atoms with Gasteiger partial charge in [-0.2, -0.15) is 0 Å². The normalized spacial score (nSPS) is 10.9. The fourth-order valence-corrected chi connectivity index (χ4v) is 2.61. The van der Waals surface area contributed by atoms with Crippen molar-refractivity contribution >= 4 is 11.6 Å². The number of benzene rings is 2. The van der Waals surface area contributed by atoms with E-state index in [1.54, 1.807) is 31.2 Å². The summed E-state index contributed by atoms with van der Waals surface area (Å²) in [5.74, 6) is 0.814. The molecule has 2 aromatic carbocycles. The van der Waals surface area contributed by atoms with E-state index in [0.29, 0.717) is 34.3 Å². The van der Waals surface area contributed by atoms with Crippen LogP contribution in [0.25, 0.3) is 11.5 Å². The van der Waals surface area contributed by atoms with Gasteiger partial charge in [0.15, 0.2) is 0 Å². The Hall–Kier alpha value is -3.15. The molecule has 5 nitrogen and oxygen atoms in total. The number of hydrogen-bond donors (Lipinski definition) is 1. The highest BCUT2D eigenvalue weighted by Crippen LogP contribution is 2.26. The Bertz CT molecular complexity index is 950. The lowest BCUT2D eigenvalue weighted by atomic mass is 10.2. The van der Waals surface area contributed by atoms with Gasteiger partial charge in [0.05, 0.1) is 23.9 Å². The number of para-hydroxylation sites is 2. The van der Waals surface area contributed by atoms with Crippen molar-refractivity contribution in [2.24, 2.45) is 0 Å². The first-order valence-corrected chi connectivity index (χ1v) is 8.70. The van der Waals surface area contributed by atoms with Crippen LogP contribution in [0.15, 0.2) is 52.9 Å². The molecule has 1 heterocycles. The summed E-state index contributed by atoms with van der Waals surface area (Å²) in [5, 5.41) is 2.84. The monoisotopic (exact) mass is 368 g/mol. The van der Waals surface area contributed by atoms with E-state index < -0.39 is 0 Å². The van der Waals surface area contributed by atoms with E-state index >= 15 is 0 Å². The third-order valence-corrected chi connectivity index (χ3v) is 3.82. The minimum atomic E-state index is -0.371. The molecule has 1 N–H and O–H groups in total. The predicted molar refractivity (Wildman–Crippen MR) is 101 cm³/mol. The van der Waals surface area contributed by atoms with Crippen molar-refractivity contribution in [3.05, 3.63) is 65.8 Å². The summed E-state index contributed by atoms with van der Waals surface area (Å²) in [6.45, 7) is 5.57. The topological polar surface area (TPSA) is 64.4 Å². The number of hydrogen-bond acceptors (Lipinski definition) is 4. The van der Waals surface area contributed by atoms with Gasteiger partial charge < -0.3 is 14.5 Å². The summed E-state index contributed by atoms with van der Waals surface area (Å²) >= 11 is 0. The number of halogens is 1. The quantitative estimate of drug-likeness (QED) is 0.681. The minimum absolute atomic E-state index is 0.00494. The van der Waals surface area contributed by atoms with Gasteiger partial charge in [-0.25, -0.2) is 9.37 Å². The first-order chi connectivity index (χ1) is 12.9. The van der Waals surface area contributed by atoms with Crippen molar-refractivity contribution in [1.29, 1.82) is 0 Å². The number of rotatable bonds is 6. The molecule has 140 valence electrons. The number of aromatic nitrogens is 1. The van der Waals surface area contributed by atoms with Gasteiger partial charge in [0.2, 0.25) is 11.8 Å². The van der Waals surface area contributed by atoms with Crippen LogP contribution in [0.3, 0.4) is 0 Å². The summed E-state index contributed by atoms with van der Waals surface area (Å²) in [7, 11) is 0. The third-order valence-electron chi connectivity index (χ3n) is 3.82. The molecule has 0 saturated heterocycles. The highest BCUT2D eigenvalue weighted by Gasteiger charge is 2.16. The van der Waals surface area contributed by atoms with E-state index in [4.69, 9.17) is 9.15 Å². The lowest BCUT2D eigenvalue weighted by Gasteiger charge is -2.14. The van der Waals surface area contributed by atoms with Gasteiger partial charge in [-0.3, -0.25) is 4.79 Å². The molecule has 27 heavy (non-hydrogen) atoms. The van der Waals surface area contributed by atoms with Crippen molar-refractivity contribution in [3.63, 3.8) is 0 Å². The van der Waals surface area contributed by atoms with Gasteiger partial charge in [0.1, 0.15) is 17.3 Å². The largest absolute Gasteiger partial charge is 0.489 e. The Morgan fingerprint density at radius 1 is 1.22 bits per heavy atom. The average Bonchev–Trinajstić information content (AvgIpc) is 2.97. The van der Waals surface area contributed by atoms with Crippen molar-refractivity contribution < 1.29 is 18.3 Å². The van der Waals surface area contributed by atoms with Crippen LogP contribution in [0.2, 0.25) is 0 Å². The van der Waals surface area contributed by atoms with Crippen LogP contribution < -0.4 is 10.1 Å². The zero-order valence-corrected chi connectivity index (χ0v) is 15.5. The van der Waals surface area contributed by atoms with E-state index in [1.165, 1.54) is 12.1 Å². The Morgan fingerprint density at radius 3 is 2.74 bits per heavy atom. The van der Waals surface area contributed by atoms with E-state index in [0.717, 1.165) is 0 Å². The van der Waals surface area contributed by atoms with Gasteiger partial charge in [-0.05, 0) is 51.1 Å². The Labute approximate surface area is 157 Å². The molecular weight excluding hydrogens is 347 g/mol. The predicted octanol–water partition coefficient (Wildman–Crippen LogP) is 4.76. The summed E-state index contributed by atoms with van der Waals surface area (Å²) in [6, 6.07) is 13.2. The fourth-order valence-electron chi connectivity index (χ4n) is 2.61. The number of carbonyl (C=O) groups excluding carboxylic acids is 1. The number of oxazole rings is 1. The van der Waals surface area contributed by atoms with Gasteiger partial charge in [-0.1, -0.05) is 18.2 Å². The molecule has 0 aliphatic heterocycles. The van der Waals surface area contributed by atoms with Crippen molar-refractivity contribution in [2.45, 2.75) is 33.3 Å². The Morgan fingerprint density at radius 2 is 2.00 bits per heavy atom. The van der Waals surface area contributed by atoms with Crippen LogP contribution >= 0.6 is 0 Å². The summed E-state index contributed by atoms with van der Waals surface area (Å²) in [6.07, 6.45) is 0.0374. The lowest BCUT2D eigenvalue weighted by molar-refractivity contribution is -0.115. The lowest BCUT2D eigenvalue weighted by Crippen LogP contribution is -2.17. The number of ether oxygens (including phenoxy) is 1. The molecule has 0 atom stereocenters. The Balaban J connectivity index is 1.74. The maximum absolute atomic E-state index is 13.4. The highest BCUT2D eigenvalue weighted by molar-refractivity contribution is 5.93. The van der Waals surface area contributed by atoms with Crippen molar-refractivity contribution in [1.82, 2.24) is 4.98 Å². The molecule has 0 aliphatic carbocycles. The minimum Gasteiger partial charge on any atom is -0.489 e. The molecule has 0 radical (unpaired) electrons. The molecule has 1 amide bonds. The molecular formula is C21H21FN2O3. The summed E-state index contributed by atoms with van der Waals surface area (Å²) in [4.78, 5) is 16.8. The second-order valence-electron chi connectivity index (χ2n) is 6.42. The molecule has 0 fully saturated rings.